The Bertz CT molecular complexity index is 1060. The molecule has 0 aliphatic carbocycles. The van der Waals surface area contributed by atoms with Crippen molar-refractivity contribution < 1.29 is 19.1 Å². The summed E-state index contributed by atoms with van der Waals surface area (Å²) in [7, 11) is 0. The second-order valence-electron chi connectivity index (χ2n) is 6.09. The number of carbonyl (C=O) groups excluding carboxylic acids is 2. The van der Waals surface area contributed by atoms with Crippen molar-refractivity contribution in [2.75, 3.05) is 0 Å². The molecule has 2 heterocycles. The molecule has 0 atom stereocenters. The molecule has 0 N–H and O–H groups in total. The van der Waals surface area contributed by atoms with Crippen LogP contribution in [0.3, 0.4) is 0 Å². The van der Waals surface area contributed by atoms with Crippen LogP contribution in [0.4, 0.5) is 0 Å². The normalized spacial score (nSPS) is 14.0. The number of hydrogen-bond acceptors (Lipinski definition) is 5. The van der Waals surface area contributed by atoms with Gasteiger partial charge in [0.15, 0.2) is 5.76 Å². The number of aromatic nitrogens is 1. The maximum absolute atomic E-state index is 12.7. The van der Waals surface area contributed by atoms with Crippen LogP contribution in [0.15, 0.2) is 72.8 Å². The van der Waals surface area contributed by atoms with Gasteiger partial charge in [0.1, 0.15) is 11.5 Å². The zero-order valence-corrected chi connectivity index (χ0v) is 14.5. The van der Waals surface area contributed by atoms with Crippen LogP contribution in [0.5, 0.6) is 11.5 Å². The van der Waals surface area contributed by atoms with Crippen molar-refractivity contribution in [3.05, 3.63) is 95.0 Å². The molecule has 4 rings (SSSR count). The molecule has 5 heteroatoms. The largest absolute Gasteiger partial charge is 0.452 e. The number of ketones is 1. The fraction of sp³-hybridized carbons (Fsp3) is 0.0455. The summed E-state index contributed by atoms with van der Waals surface area (Å²) in [6.45, 7) is 1.78. The molecule has 0 spiro atoms. The number of fused-ring (bicyclic) bond motifs is 1. The Kier molecular flexibility index (Phi) is 4.26. The van der Waals surface area contributed by atoms with Crippen molar-refractivity contribution >= 4 is 17.8 Å². The number of pyridine rings is 1. The molecular weight excluding hydrogens is 342 g/mol. The highest BCUT2D eigenvalue weighted by molar-refractivity contribution is 6.15. The first-order valence-corrected chi connectivity index (χ1v) is 8.38. The second kappa shape index (κ2) is 6.88. The van der Waals surface area contributed by atoms with Crippen LogP contribution in [0.25, 0.3) is 6.08 Å². The van der Waals surface area contributed by atoms with Crippen LogP contribution < -0.4 is 9.47 Å². The summed E-state index contributed by atoms with van der Waals surface area (Å²) in [5.41, 5.74) is 2.37. The highest BCUT2D eigenvalue weighted by Crippen LogP contribution is 2.37. The van der Waals surface area contributed by atoms with E-state index in [1.165, 1.54) is 0 Å². The van der Waals surface area contributed by atoms with Crippen LogP contribution >= 0.6 is 0 Å². The Morgan fingerprint density at radius 2 is 1.93 bits per heavy atom. The average molecular weight is 357 g/mol. The van der Waals surface area contributed by atoms with E-state index in [-0.39, 0.29) is 11.5 Å². The van der Waals surface area contributed by atoms with Gasteiger partial charge in [0.05, 0.1) is 11.1 Å². The molecular formula is C22H15NO4. The third-order valence-corrected chi connectivity index (χ3v) is 4.15. The van der Waals surface area contributed by atoms with Gasteiger partial charge in [-0.2, -0.15) is 0 Å². The van der Waals surface area contributed by atoms with E-state index in [0.29, 0.717) is 28.2 Å². The fourth-order valence-corrected chi connectivity index (χ4v) is 2.89. The monoisotopic (exact) mass is 357 g/mol. The number of nitrogens with zero attached hydrogens (tertiary/aromatic N) is 1. The van der Waals surface area contributed by atoms with E-state index >= 15 is 0 Å². The van der Waals surface area contributed by atoms with Gasteiger partial charge in [-0.3, -0.25) is 9.78 Å². The molecule has 0 bridgehead atoms. The van der Waals surface area contributed by atoms with E-state index < -0.39 is 5.97 Å². The van der Waals surface area contributed by atoms with Gasteiger partial charge in [-0.1, -0.05) is 24.3 Å². The Morgan fingerprint density at radius 3 is 2.67 bits per heavy atom. The van der Waals surface area contributed by atoms with Crippen LogP contribution in [0.2, 0.25) is 0 Å². The van der Waals surface area contributed by atoms with E-state index in [9.17, 15) is 9.59 Å². The summed E-state index contributed by atoms with van der Waals surface area (Å²) < 4.78 is 11.2. The lowest BCUT2D eigenvalue weighted by Gasteiger charge is -2.07. The zero-order chi connectivity index (χ0) is 18.8. The van der Waals surface area contributed by atoms with Gasteiger partial charge in [-0.15, -0.1) is 0 Å². The standard InChI is InChI=1S/C22H15NO4/c1-14-10-17(26-22(25)16-7-3-2-4-8-16)12-18-20(14)21(24)19(27-18)11-15-6-5-9-23-13-15/h2-13H,1H3/b19-11-. The molecule has 0 unspecified atom stereocenters. The molecule has 27 heavy (non-hydrogen) atoms. The van der Waals surface area contributed by atoms with Crippen LogP contribution in [0, 0.1) is 6.92 Å². The molecule has 5 nitrogen and oxygen atoms in total. The minimum atomic E-state index is -0.467. The summed E-state index contributed by atoms with van der Waals surface area (Å²) in [6.07, 6.45) is 4.95. The number of ether oxygens (including phenoxy) is 2. The SMILES string of the molecule is Cc1cc(OC(=O)c2ccccc2)cc2c1C(=O)/C(=C/c1cccnc1)O2. The number of carbonyl (C=O) groups is 2. The molecule has 0 saturated heterocycles. The maximum Gasteiger partial charge on any atom is 0.343 e. The van der Waals surface area contributed by atoms with Gasteiger partial charge in [0, 0.05) is 18.5 Å². The van der Waals surface area contributed by atoms with Crippen molar-refractivity contribution in [1.29, 1.82) is 0 Å². The molecule has 0 amide bonds. The first-order valence-electron chi connectivity index (χ1n) is 8.38. The van der Waals surface area contributed by atoms with Crippen LogP contribution in [-0.4, -0.2) is 16.7 Å². The zero-order valence-electron chi connectivity index (χ0n) is 14.5. The summed E-state index contributed by atoms with van der Waals surface area (Å²) in [4.78, 5) is 28.9. The van der Waals surface area contributed by atoms with Crippen molar-refractivity contribution in [3.8, 4) is 11.5 Å². The molecule has 1 aliphatic rings. The summed E-state index contributed by atoms with van der Waals surface area (Å²) in [6, 6.07) is 15.5. The number of aryl methyl sites for hydroxylation is 1. The van der Waals surface area contributed by atoms with Crippen molar-refractivity contribution in [2.45, 2.75) is 6.92 Å². The minimum absolute atomic E-state index is 0.202. The molecule has 2 aromatic carbocycles. The van der Waals surface area contributed by atoms with Gasteiger partial charge in [-0.25, -0.2) is 4.79 Å². The average Bonchev–Trinajstić information content (AvgIpc) is 2.99. The number of hydrogen-bond donors (Lipinski definition) is 0. The van der Waals surface area contributed by atoms with E-state index in [1.807, 2.05) is 12.1 Å². The van der Waals surface area contributed by atoms with E-state index in [4.69, 9.17) is 9.47 Å². The lowest BCUT2D eigenvalue weighted by atomic mass is 10.0. The lowest BCUT2D eigenvalue weighted by molar-refractivity contribution is 0.0734. The number of benzene rings is 2. The van der Waals surface area contributed by atoms with Gasteiger partial charge in [0.25, 0.3) is 0 Å². The fourth-order valence-electron chi connectivity index (χ4n) is 2.89. The van der Waals surface area contributed by atoms with Crippen molar-refractivity contribution in [2.24, 2.45) is 0 Å². The molecule has 3 aromatic rings. The number of allylic oxidation sites excluding steroid dienone is 1. The first kappa shape index (κ1) is 16.7. The molecule has 0 radical (unpaired) electrons. The highest BCUT2D eigenvalue weighted by Gasteiger charge is 2.30. The highest BCUT2D eigenvalue weighted by atomic mass is 16.5. The van der Waals surface area contributed by atoms with E-state index in [0.717, 1.165) is 5.56 Å². The van der Waals surface area contributed by atoms with E-state index in [1.54, 1.807) is 67.9 Å². The first-order chi connectivity index (χ1) is 13.1. The Labute approximate surface area is 155 Å². The predicted octanol–water partition coefficient (Wildman–Crippen LogP) is 4.23. The quantitative estimate of drug-likeness (QED) is 0.399. The maximum atomic E-state index is 12.7. The van der Waals surface area contributed by atoms with Gasteiger partial charge < -0.3 is 9.47 Å². The summed E-state index contributed by atoms with van der Waals surface area (Å²) in [5.74, 6) is 0.256. The van der Waals surface area contributed by atoms with Gasteiger partial charge in [0.2, 0.25) is 5.78 Å². The molecule has 0 saturated carbocycles. The van der Waals surface area contributed by atoms with Crippen molar-refractivity contribution in [3.63, 3.8) is 0 Å². The molecule has 0 fully saturated rings. The third kappa shape index (κ3) is 3.35. The Balaban J connectivity index is 1.62. The molecule has 132 valence electrons. The van der Waals surface area contributed by atoms with Gasteiger partial charge >= 0.3 is 5.97 Å². The molecule has 1 aromatic heterocycles. The Morgan fingerprint density at radius 1 is 1.11 bits per heavy atom. The number of Topliss-reactive ketones (excluding diaryl/α,β-unsaturated/α-hetero) is 1. The summed E-state index contributed by atoms with van der Waals surface area (Å²) >= 11 is 0. The van der Waals surface area contributed by atoms with E-state index in [2.05, 4.69) is 4.98 Å². The number of esters is 1. The summed E-state index contributed by atoms with van der Waals surface area (Å²) in [5, 5.41) is 0. The third-order valence-electron chi connectivity index (χ3n) is 4.15. The second-order valence-corrected chi connectivity index (χ2v) is 6.09. The van der Waals surface area contributed by atoms with Crippen LogP contribution in [0.1, 0.15) is 31.8 Å². The van der Waals surface area contributed by atoms with Crippen molar-refractivity contribution in [1.82, 2.24) is 4.98 Å². The lowest BCUT2D eigenvalue weighted by Crippen LogP contribution is -2.08. The number of rotatable bonds is 3. The van der Waals surface area contributed by atoms with Gasteiger partial charge in [-0.05, 0) is 48.4 Å². The topological polar surface area (TPSA) is 65.5 Å². The molecule has 1 aliphatic heterocycles. The minimum Gasteiger partial charge on any atom is -0.452 e. The predicted molar refractivity (Wildman–Crippen MR) is 99.8 cm³/mol. The smallest absolute Gasteiger partial charge is 0.343 e. The van der Waals surface area contributed by atoms with Crippen LogP contribution in [-0.2, 0) is 0 Å². The Hall–Kier alpha value is -3.73.